The largest absolute Gasteiger partial charge is 0.504 e. The molecule has 0 aromatic heterocycles. The van der Waals surface area contributed by atoms with Gasteiger partial charge in [-0.25, -0.2) is 0 Å². The zero-order valence-electron chi connectivity index (χ0n) is 6.79. The van der Waals surface area contributed by atoms with Crippen molar-refractivity contribution in [2.75, 3.05) is 0 Å². The van der Waals surface area contributed by atoms with Crippen molar-refractivity contribution < 1.29 is 14.9 Å². The van der Waals surface area contributed by atoms with Gasteiger partial charge < -0.3 is 14.9 Å². The number of hydrogen-bond acceptors (Lipinski definition) is 3. The van der Waals surface area contributed by atoms with Crippen molar-refractivity contribution in [3.05, 3.63) is 11.6 Å². The molecule has 0 saturated heterocycles. The van der Waals surface area contributed by atoms with Crippen LogP contribution < -0.4 is 4.74 Å². The highest BCUT2D eigenvalue weighted by molar-refractivity contribution is 5.69. The predicted octanol–water partition coefficient (Wildman–Crippen LogP) is 2.16. The first kappa shape index (κ1) is 7.28. The molecule has 3 heteroatoms. The third-order valence-corrected chi connectivity index (χ3v) is 1.96. The molecule has 0 aliphatic carbocycles. The Hall–Kier alpha value is -1.38. The van der Waals surface area contributed by atoms with E-state index in [0.29, 0.717) is 11.5 Å². The number of rotatable bonds is 2. The van der Waals surface area contributed by atoms with Crippen molar-refractivity contribution in [1.29, 1.82) is 0 Å². The van der Waals surface area contributed by atoms with Crippen LogP contribution in [0.1, 0.15) is 18.9 Å². The van der Waals surface area contributed by atoms with Crippen LogP contribution in [0.2, 0.25) is 0 Å². The van der Waals surface area contributed by atoms with E-state index in [1.807, 2.05) is 6.92 Å². The van der Waals surface area contributed by atoms with Gasteiger partial charge in [0.25, 0.3) is 0 Å². The molecule has 0 atom stereocenters. The summed E-state index contributed by atoms with van der Waals surface area (Å²) in [6.07, 6.45) is 1.70. The minimum atomic E-state index is -0.115. The van der Waals surface area contributed by atoms with E-state index in [0.717, 1.165) is 18.4 Å². The molecule has 0 unspecified atom stereocenters. The van der Waals surface area contributed by atoms with Gasteiger partial charge in [-0.2, -0.15) is 0 Å². The van der Waals surface area contributed by atoms with Gasteiger partial charge in [0.1, 0.15) is 0 Å². The molecule has 2 rings (SSSR count). The molecule has 1 aliphatic rings. The molecular weight excluding hydrogens is 156 g/mol. The van der Waals surface area contributed by atoms with E-state index in [9.17, 15) is 10.2 Å². The fourth-order valence-electron chi connectivity index (χ4n) is 1.29. The Morgan fingerprint density at radius 1 is 1.33 bits per heavy atom. The lowest BCUT2D eigenvalue weighted by Crippen LogP contribution is -1.81. The molecule has 0 saturated carbocycles. The first-order valence-corrected chi connectivity index (χ1v) is 3.99. The Balaban J connectivity index is 2.44. The van der Waals surface area contributed by atoms with Gasteiger partial charge in [-0.05, 0) is 12.5 Å². The van der Waals surface area contributed by atoms with Gasteiger partial charge in [0.05, 0.1) is 0 Å². The smallest absolute Gasteiger partial charge is 0.215 e. The first-order chi connectivity index (χ1) is 5.74. The van der Waals surface area contributed by atoms with Crippen LogP contribution in [0.25, 0.3) is 0 Å². The third-order valence-electron chi connectivity index (χ3n) is 1.96. The van der Waals surface area contributed by atoms with Crippen LogP contribution in [0.15, 0.2) is 6.07 Å². The van der Waals surface area contributed by atoms with Crippen LogP contribution in [0.4, 0.5) is 0 Å². The van der Waals surface area contributed by atoms with Gasteiger partial charge in [0.2, 0.25) is 11.5 Å². The highest BCUT2D eigenvalue weighted by atomic mass is 16.6. The minimum absolute atomic E-state index is 0.0342. The maximum absolute atomic E-state index is 9.41. The number of aryl methyl sites for hydroxylation is 1. The summed E-state index contributed by atoms with van der Waals surface area (Å²) in [6.45, 7) is 2.02. The number of fused-ring (bicyclic) bond motifs is 1. The van der Waals surface area contributed by atoms with Gasteiger partial charge in [0, 0.05) is 5.56 Å². The molecule has 1 heterocycles. The van der Waals surface area contributed by atoms with Gasteiger partial charge in [-0.15, -0.1) is 0 Å². The summed E-state index contributed by atoms with van der Waals surface area (Å²) < 4.78 is 4.93. The van der Waals surface area contributed by atoms with Crippen molar-refractivity contribution in [1.82, 2.24) is 0 Å². The molecule has 0 fully saturated rings. The third kappa shape index (κ3) is 0.897. The van der Waals surface area contributed by atoms with E-state index in [2.05, 4.69) is 0 Å². The molecule has 64 valence electrons. The quantitative estimate of drug-likeness (QED) is 0.531. The average Bonchev–Trinajstić information content (AvgIpc) is 2.79. The van der Waals surface area contributed by atoms with E-state index < -0.39 is 0 Å². The van der Waals surface area contributed by atoms with Crippen LogP contribution in [0.3, 0.4) is 0 Å². The fourth-order valence-corrected chi connectivity index (χ4v) is 1.29. The van der Waals surface area contributed by atoms with Gasteiger partial charge in [-0.3, -0.25) is 0 Å². The summed E-state index contributed by atoms with van der Waals surface area (Å²) in [5.41, 5.74) is 0.756. The number of phenols is 2. The first-order valence-electron chi connectivity index (χ1n) is 3.99. The Morgan fingerprint density at radius 2 is 2.08 bits per heavy atom. The monoisotopic (exact) mass is 166 g/mol. The Kier molecular flexibility index (Phi) is 1.40. The molecule has 0 amide bonds. The van der Waals surface area contributed by atoms with E-state index in [4.69, 9.17) is 4.74 Å². The number of aromatic hydroxyl groups is 2. The van der Waals surface area contributed by atoms with Crippen LogP contribution in [0, 0.1) is 0 Å². The molecule has 1 aliphatic heterocycles. The maximum Gasteiger partial charge on any atom is 0.215 e. The summed E-state index contributed by atoms with van der Waals surface area (Å²) in [5, 5.41) is 18.7. The zero-order chi connectivity index (χ0) is 8.72. The van der Waals surface area contributed by atoms with Crippen LogP contribution in [0.5, 0.6) is 23.0 Å². The summed E-state index contributed by atoms with van der Waals surface area (Å²) in [5.74, 6) is 0.963. The van der Waals surface area contributed by atoms with E-state index in [-0.39, 0.29) is 11.5 Å². The zero-order valence-corrected chi connectivity index (χ0v) is 6.79. The molecule has 0 bridgehead atoms. The summed E-state index contributed by atoms with van der Waals surface area (Å²) in [4.78, 5) is 0. The normalized spacial score (nSPS) is 12.1. The molecule has 0 radical (unpaired) electrons. The Bertz CT molecular complexity index is 331. The summed E-state index contributed by atoms with van der Waals surface area (Å²) in [7, 11) is 0. The average molecular weight is 166 g/mol. The molecular formula is C9H10O3. The standard InChI is InChI=1S/C9H10O3/c1-2-3-5-4-6-9(12-6)8(11)7(5)10/h4,10-11H,2-3H2,1H3. The second-order valence-electron chi connectivity index (χ2n) is 2.91. The summed E-state index contributed by atoms with van der Waals surface area (Å²) in [6, 6.07) is 1.77. The van der Waals surface area contributed by atoms with Crippen molar-refractivity contribution in [2.24, 2.45) is 0 Å². The molecule has 12 heavy (non-hydrogen) atoms. The molecule has 1 aromatic carbocycles. The Morgan fingerprint density at radius 3 is 2.75 bits per heavy atom. The lowest BCUT2D eigenvalue weighted by Gasteiger charge is -2.00. The van der Waals surface area contributed by atoms with Gasteiger partial charge in [-0.1, -0.05) is 13.3 Å². The van der Waals surface area contributed by atoms with E-state index in [1.54, 1.807) is 6.07 Å². The lowest BCUT2D eigenvalue weighted by atomic mass is 10.1. The topological polar surface area (TPSA) is 53.0 Å². The van der Waals surface area contributed by atoms with Crippen molar-refractivity contribution in [2.45, 2.75) is 19.8 Å². The van der Waals surface area contributed by atoms with E-state index in [1.165, 1.54) is 0 Å². The molecule has 2 N–H and O–H groups in total. The van der Waals surface area contributed by atoms with Gasteiger partial charge in [0.15, 0.2) is 11.5 Å². The minimum Gasteiger partial charge on any atom is -0.504 e. The second-order valence-corrected chi connectivity index (χ2v) is 2.91. The molecule has 1 aromatic rings. The van der Waals surface area contributed by atoms with Crippen LogP contribution in [-0.2, 0) is 6.42 Å². The fraction of sp³-hybridized carbons (Fsp3) is 0.333. The van der Waals surface area contributed by atoms with Gasteiger partial charge >= 0.3 is 0 Å². The second kappa shape index (κ2) is 2.30. The number of ether oxygens (including phenoxy) is 1. The molecule has 0 spiro atoms. The summed E-state index contributed by atoms with van der Waals surface area (Å²) >= 11 is 0. The number of hydrogen-bond donors (Lipinski definition) is 2. The van der Waals surface area contributed by atoms with E-state index >= 15 is 0 Å². The maximum atomic E-state index is 9.41. The lowest BCUT2D eigenvalue weighted by molar-refractivity contribution is 0.396. The van der Waals surface area contributed by atoms with Crippen molar-refractivity contribution in [3.63, 3.8) is 0 Å². The number of benzene rings is 1. The van der Waals surface area contributed by atoms with Crippen LogP contribution in [-0.4, -0.2) is 10.2 Å². The number of phenolic OH excluding ortho intramolecular Hbond substituents is 2. The predicted molar refractivity (Wildman–Crippen MR) is 43.8 cm³/mol. The SMILES string of the molecule is CCCc1cc2c(c(O)c1O)O2. The Labute approximate surface area is 70.2 Å². The van der Waals surface area contributed by atoms with Crippen molar-refractivity contribution in [3.8, 4) is 23.0 Å². The van der Waals surface area contributed by atoms with Crippen molar-refractivity contribution >= 4 is 0 Å². The van der Waals surface area contributed by atoms with Crippen LogP contribution >= 0.6 is 0 Å². The highest BCUT2D eigenvalue weighted by Crippen LogP contribution is 2.57. The highest BCUT2D eigenvalue weighted by Gasteiger charge is 2.29. The molecule has 3 nitrogen and oxygen atoms in total.